The first-order valence-electron chi connectivity index (χ1n) is 7.58. The molecular formula is C16H17N3O2S. The molecule has 4 rings (SSSR count). The number of aromatic nitrogens is 2. The fraction of sp³-hybridized carbons (Fsp3) is 0.375. The summed E-state index contributed by atoms with van der Waals surface area (Å²) < 4.78 is 5.41. The zero-order valence-electron chi connectivity index (χ0n) is 12.2. The molecule has 0 amide bonds. The number of piperidine rings is 1. The molecule has 1 aliphatic heterocycles. The van der Waals surface area contributed by atoms with Crippen molar-refractivity contribution >= 4 is 21.6 Å². The first-order valence-corrected chi connectivity index (χ1v) is 8.46. The predicted molar refractivity (Wildman–Crippen MR) is 87.1 cm³/mol. The molecule has 0 atom stereocenters. The van der Waals surface area contributed by atoms with Crippen molar-refractivity contribution in [3.63, 3.8) is 0 Å². The van der Waals surface area contributed by atoms with E-state index >= 15 is 0 Å². The van der Waals surface area contributed by atoms with Crippen molar-refractivity contribution in [3.05, 3.63) is 40.0 Å². The molecule has 0 aliphatic carbocycles. The van der Waals surface area contributed by atoms with Crippen LogP contribution in [0.5, 0.6) is 0 Å². The Bertz CT molecular complexity index is 829. The number of nitrogens with one attached hydrogen (secondary N) is 1. The monoisotopic (exact) mass is 315 g/mol. The van der Waals surface area contributed by atoms with Crippen LogP contribution in [0.4, 0.5) is 0 Å². The van der Waals surface area contributed by atoms with Gasteiger partial charge in [0.15, 0.2) is 0 Å². The Hall–Kier alpha value is -1.92. The van der Waals surface area contributed by atoms with Gasteiger partial charge in [0.25, 0.3) is 5.56 Å². The quantitative estimate of drug-likeness (QED) is 0.806. The highest BCUT2D eigenvalue weighted by atomic mass is 32.1. The Labute approximate surface area is 131 Å². The summed E-state index contributed by atoms with van der Waals surface area (Å²) in [4.78, 5) is 23.2. The number of thiophene rings is 1. The van der Waals surface area contributed by atoms with Gasteiger partial charge in [-0.2, -0.15) is 0 Å². The zero-order chi connectivity index (χ0) is 14.9. The Morgan fingerprint density at radius 1 is 1.32 bits per heavy atom. The van der Waals surface area contributed by atoms with Crippen molar-refractivity contribution in [2.45, 2.75) is 25.8 Å². The molecule has 1 fully saturated rings. The molecule has 5 nitrogen and oxygen atoms in total. The van der Waals surface area contributed by atoms with E-state index in [0.717, 1.165) is 35.9 Å². The summed E-state index contributed by atoms with van der Waals surface area (Å²) >= 11 is 1.49. The fourth-order valence-corrected chi connectivity index (χ4v) is 3.96. The summed E-state index contributed by atoms with van der Waals surface area (Å²) in [5.41, 5.74) is 0.743. The minimum absolute atomic E-state index is 0.0790. The average molecular weight is 315 g/mol. The summed E-state index contributed by atoms with van der Waals surface area (Å²) in [6, 6.07) is 3.69. The normalized spacial score (nSPS) is 16.4. The van der Waals surface area contributed by atoms with Gasteiger partial charge in [-0.25, -0.2) is 4.98 Å². The molecule has 3 aromatic heterocycles. The number of nitrogens with zero attached hydrogens (tertiary/aromatic N) is 2. The highest BCUT2D eigenvalue weighted by molar-refractivity contribution is 7.17. The van der Waals surface area contributed by atoms with Crippen LogP contribution in [0.15, 0.2) is 33.0 Å². The van der Waals surface area contributed by atoms with Crippen molar-refractivity contribution in [2.24, 2.45) is 0 Å². The van der Waals surface area contributed by atoms with E-state index in [2.05, 4.69) is 14.9 Å². The molecule has 0 radical (unpaired) electrons. The van der Waals surface area contributed by atoms with Gasteiger partial charge >= 0.3 is 0 Å². The lowest BCUT2D eigenvalue weighted by atomic mass is 10.1. The summed E-state index contributed by atoms with van der Waals surface area (Å²) in [6.07, 6.45) is 5.38. The van der Waals surface area contributed by atoms with E-state index in [9.17, 15) is 4.79 Å². The van der Waals surface area contributed by atoms with Crippen molar-refractivity contribution in [3.8, 4) is 11.3 Å². The molecule has 1 N–H and O–H groups in total. The third kappa shape index (κ3) is 2.48. The van der Waals surface area contributed by atoms with E-state index in [-0.39, 0.29) is 5.56 Å². The SMILES string of the molecule is O=c1[nH]c(CN2CCCCC2)nc2scc(-c3ccco3)c12. The maximum atomic E-state index is 12.5. The van der Waals surface area contributed by atoms with Gasteiger partial charge in [-0.05, 0) is 38.1 Å². The van der Waals surface area contributed by atoms with Gasteiger partial charge in [0.05, 0.1) is 18.2 Å². The molecule has 114 valence electrons. The first kappa shape index (κ1) is 13.7. The van der Waals surface area contributed by atoms with Crippen LogP contribution in [0.3, 0.4) is 0 Å². The lowest BCUT2D eigenvalue weighted by molar-refractivity contribution is 0.216. The second-order valence-electron chi connectivity index (χ2n) is 5.66. The number of rotatable bonds is 3. The van der Waals surface area contributed by atoms with Crippen molar-refractivity contribution in [2.75, 3.05) is 13.1 Å². The molecule has 22 heavy (non-hydrogen) atoms. The minimum Gasteiger partial charge on any atom is -0.464 e. The number of likely N-dealkylation sites (tertiary alicyclic amines) is 1. The molecule has 0 saturated carbocycles. The highest BCUT2D eigenvalue weighted by Gasteiger charge is 2.16. The third-order valence-electron chi connectivity index (χ3n) is 4.10. The predicted octanol–water partition coefficient (Wildman–Crippen LogP) is 3.23. The van der Waals surface area contributed by atoms with Crippen LogP contribution in [-0.2, 0) is 6.54 Å². The van der Waals surface area contributed by atoms with Crippen LogP contribution in [0, 0.1) is 0 Å². The second-order valence-corrected chi connectivity index (χ2v) is 6.51. The molecule has 0 unspecified atom stereocenters. The van der Waals surface area contributed by atoms with E-state index in [1.165, 1.54) is 30.6 Å². The first-order chi connectivity index (χ1) is 10.8. The van der Waals surface area contributed by atoms with Gasteiger partial charge in [0, 0.05) is 10.9 Å². The average Bonchev–Trinajstić information content (AvgIpc) is 3.16. The Kier molecular flexibility index (Phi) is 3.56. The largest absolute Gasteiger partial charge is 0.464 e. The standard InChI is InChI=1S/C16H17N3O2S/c20-15-14-11(12-5-4-8-21-12)10-22-16(14)18-13(17-15)9-19-6-2-1-3-7-19/h4-5,8,10H,1-3,6-7,9H2,(H,17,18,20). The molecular weight excluding hydrogens is 298 g/mol. The van der Waals surface area contributed by atoms with Crippen molar-refractivity contribution in [1.82, 2.24) is 14.9 Å². The molecule has 1 aliphatic rings. The lowest BCUT2D eigenvalue weighted by Gasteiger charge is -2.25. The van der Waals surface area contributed by atoms with Gasteiger partial charge in [-0.3, -0.25) is 9.69 Å². The van der Waals surface area contributed by atoms with Crippen LogP contribution in [0.25, 0.3) is 21.5 Å². The van der Waals surface area contributed by atoms with E-state index in [4.69, 9.17) is 4.42 Å². The summed E-state index contributed by atoms with van der Waals surface area (Å²) in [7, 11) is 0. The van der Waals surface area contributed by atoms with Crippen LogP contribution in [-0.4, -0.2) is 28.0 Å². The summed E-state index contributed by atoms with van der Waals surface area (Å²) in [5, 5.41) is 2.57. The highest BCUT2D eigenvalue weighted by Crippen LogP contribution is 2.30. The number of fused-ring (bicyclic) bond motifs is 1. The van der Waals surface area contributed by atoms with Crippen molar-refractivity contribution in [1.29, 1.82) is 0 Å². The Morgan fingerprint density at radius 2 is 2.18 bits per heavy atom. The molecule has 4 heterocycles. The fourth-order valence-electron chi connectivity index (χ4n) is 3.01. The number of H-pyrrole nitrogens is 1. The Morgan fingerprint density at radius 3 is 2.95 bits per heavy atom. The van der Waals surface area contributed by atoms with Gasteiger partial charge < -0.3 is 9.40 Å². The summed E-state index contributed by atoms with van der Waals surface area (Å²) in [6.45, 7) is 2.90. The second kappa shape index (κ2) is 5.70. The minimum atomic E-state index is -0.0790. The van der Waals surface area contributed by atoms with E-state index < -0.39 is 0 Å². The van der Waals surface area contributed by atoms with E-state index in [1.54, 1.807) is 6.26 Å². The van der Waals surface area contributed by atoms with Crippen LogP contribution in [0.2, 0.25) is 0 Å². The van der Waals surface area contributed by atoms with Crippen LogP contribution >= 0.6 is 11.3 Å². The molecule has 0 aromatic carbocycles. The van der Waals surface area contributed by atoms with Gasteiger partial charge in [0.1, 0.15) is 16.4 Å². The number of hydrogen-bond acceptors (Lipinski definition) is 5. The van der Waals surface area contributed by atoms with Gasteiger partial charge in [-0.15, -0.1) is 11.3 Å². The number of hydrogen-bond donors (Lipinski definition) is 1. The number of aromatic amines is 1. The van der Waals surface area contributed by atoms with Crippen LogP contribution < -0.4 is 5.56 Å². The number of furan rings is 1. The lowest BCUT2D eigenvalue weighted by Crippen LogP contribution is -2.30. The topological polar surface area (TPSA) is 62.1 Å². The van der Waals surface area contributed by atoms with Gasteiger partial charge in [0.2, 0.25) is 0 Å². The van der Waals surface area contributed by atoms with Crippen molar-refractivity contribution < 1.29 is 4.42 Å². The van der Waals surface area contributed by atoms with E-state index in [0.29, 0.717) is 11.1 Å². The Balaban J connectivity index is 1.70. The molecule has 3 aromatic rings. The third-order valence-corrected chi connectivity index (χ3v) is 4.97. The molecule has 1 saturated heterocycles. The van der Waals surface area contributed by atoms with Crippen LogP contribution in [0.1, 0.15) is 25.1 Å². The van der Waals surface area contributed by atoms with Gasteiger partial charge in [-0.1, -0.05) is 6.42 Å². The summed E-state index contributed by atoms with van der Waals surface area (Å²) in [5.74, 6) is 1.47. The molecule has 0 bridgehead atoms. The maximum Gasteiger partial charge on any atom is 0.260 e. The zero-order valence-corrected chi connectivity index (χ0v) is 13.0. The molecule has 6 heteroatoms. The smallest absolute Gasteiger partial charge is 0.260 e. The maximum absolute atomic E-state index is 12.5. The van der Waals surface area contributed by atoms with E-state index in [1.807, 2.05) is 17.5 Å². The molecule has 0 spiro atoms.